The Balaban J connectivity index is 1.74. The van der Waals surface area contributed by atoms with Crippen LogP contribution in [0, 0.1) is 13.8 Å². The van der Waals surface area contributed by atoms with Crippen molar-refractivity contribution in [3.05, 3.63) is 65.5 Å². The Morgan fingerprint density at radius 3 is 2.79 bits per heavy atom. The van der Waals surface area contributed by atoms with Gasteiger partial charge in [-0.25, -0.2) is 9.97 Å². The molecule has 1 saturated heterocycles. The van der Waals surface area contributed by atoms with E-state index >= 15 is 0 Å². The summed E-state index contributed by atoms with van der Waals surface area (Å²) in [6.45, 7) is 6.26. The monoisotopic (exact) mass is 320 g/mol. The fraction of sp³-hybridized carbons (Fsp3) is 0.400. The fourth-order valence-electron chi connectivity index (χ4n) is 3.85. The van der Waals surface area contributed by atoms with Crippen LogP contribution in [0.5, 0.6) is 0 Å². The zero-order valence-corrected chi connectivity index (χ0v) is 14.4. The van der Waals surface area contributed by atoms with E-state index < -0.39 is 0 Å². The summed E-state index contributed by atoms with van der Waals surface area (Å²) in [6, 6.07) is 13.2. The van der Waals surface area contributed by atoms with Gasteiger partial charge in [-0.05, 0) is 44.9 Å². The summed E-state index contributed by atoms with van der Waals surface area (Å²) in [4.78, 5) is 12.0. The Bertz CT molecular complexity index is 837. The van der Waals surface area contributed by atoms with Gasteiger partial charge >= 0.3 is 0 Å². The third-order valence-corrected chi connectivity index (χ3v) is 4.98. The molecule has 0 amide bonds. The van der Waals surface area contributed by atoms with E-state index in [1.165, 1.54) is 18.4 Å². The molecule has 1 aromatic carbocycles. The number of fused-ring (bicyclic) bond motifs is 1. The van der Waals surface area contributed by atoms with Gasteiger partial charge in [-0.1, -0.05) is 36.8 Å². The SMILES string of the molecule is Cc1cc2cnc(C)n2c(C2CCCCN2Cc2ccccc2)n1. The Kier molecular flexibility index (Phi) is 4.07. The highest BCUT2D eigenvalue weighted by Crippen LogP contribution is 2.32. The number of hydrogen-bond acceptors (Lipinski definition) is 3. The van der Waals surface area contributed by atoms with E-state index in [-0.39, 0.29) is 0 Å². The smallest absolute Gasteiger partial charge is 0.132 e. The molecule has 1 unspecified atom stereocenters. The Morgan fingerprint density at radius 2 is 1.96 bits per heavy atom. The molecule has 0 bridgehead atoms. The van der Waals surface area contributed by atoms with Gasteiger partial charge in [-0.3, -0.25) is 9.30 Å². The molecule has 4 nitrogen and oxygen atoms in total. The van der Waals surface area contributed by atoms with Crippen LogP contribution < -0.4 is 0 Å². The van der Waals surface area contributed by atoms with E-state index in [9.17, 15) is 0 Å². The Labute approximate surface area is 143 Å². The van der Waals surface area contributed by atoms with Crippen molar-refractivity contribution in [2.45, 2.75) is 45.7 Å². The second-order valence-electron chi connectivity index (χ2n) is 6.79. The lowest BCUT2D eigenvalue weighted by Gasteiger charge is -2.35. The third-order valence-electron chi connectivity index (χ3n) is 4.98. The van der Waals surface area contributed by atoms with E-state index in [1.807, 2.05) is 6.20 Å². The average molecular weight is 320 g/mol. The second-order valence-corrected chi connectivity index (χ2v) is 6.79. The molecule has 124 valence electrons. The predicted molar refractivity (Wildman–Crippen MR) is 95.9 cm³/mol. The molecule has 0 saturated carbocycles. The number of hydrogen-bond donors (Lipinski definition) is 0. The van der Waals surface area contributed by atoms with E-state index in [1.54, 1.807) is 0 Å². The zero-order valence-electron chi connectivity index (χ0n) is 14.4. The normalized spacial score (nSPS) is 19.0. The van der Waals surface area contributed by atoms with Crippen LogP contribution in [0.3, 0.4) is 0 Å². The van der Waals surface area contributed by atoms with Crippen LogP contribution in [0.25, 0.3) is 5.52 Å². The van der Waals surface area contributed by atoms with Gasteiger partial charge in [0.25, 0.3) is 0 Å². The molecule has 4 heteroatoms. The van der Waals surface area contributed by atoms with Gasteiger partial charge in [0.1, 0.15) is 11.6 Å². The maximum absolute atomic E-state index is 4.93. The molecule has 3 heterocycles. The minimum absolute atomic E-state index is 0.356. The van der Waals surface area contributed by atoms with Gasteiger partial charge in [-0.2, -0.15) is 0 Å². The van der Waals surface area contributed by atoms with Crippen LogP contribution in [0.15, 0.2) is 42.6 Å². The molecule has 0 aliphatic carbocycles. The minimum Gasteiger partial charge on any atom is -0.289 e. The number of nitrogens with zero attached hydrogens (tertiary/aromatic N) is 4. The van der Waals surface area contributed by atoms with Crippen LogP contribution in [0.4, 0.5) is 0 Å². The van der Waals surface area contributed by atoms with Gasteiger partial charge in [0, 0.05) is 12.2 Å². The first-order valence-electron chi connectivity index (χ1n) is 8.82. The molecule has 0 N–H and O–H groups in total. The molecule has 1 fully saturated rings. The summed E-state index contributed by atoms with van der Waals surface area (Å²) in [5.74, 6) is 2.17. The largest absolute Gasteiger partial charge is 0.289 e. The first kappa shape index (κ1) is 15.3. The predicted octanol–water partition coefficient (Wildman–Crippen LogP) is 4.07. The Hall–Kier alpha value is -2.20. The molecule has 2 aromatic heterocycles. The third kappa shape index (κ3) is 2.82. The highest BCUT2D eigenvalue weighted by atomic mass is 15.2. The van der Waals surface area contributed by atoms with Crippen LogP contribution in [-0.2, 0) is 6.54 Å². The number of benzene rings is 1. The molecular weight excluding hydrogens is 296 g/mol. The highest BCUT2D eigenvalue weighted by molar-refractivity contribution is 5.48. The van der Waals surface area contributed by atoms with Crippen molar-refractivity contribution in [2.24, 2.45) is 0 Å². The highest BCUT2D eigenvalue weighted by Gasteiger charge is 2.27. The van der Waals surface area contributed by atoms with Gasteiger partial charge in [-0.15, -0.1) is 0 Å². The van der Waals surface area contributed by atoms with E-state index in [4.69, 9.17) is 4.98 Å². The lowest BCUT2D eigenvalue weighted by atomic mass is 10.00. The molecular formula is C20H24N4. The minimum atomic E-state index is 0.356. The molecule has 0 radical (unpaired) electrons. The number of aryl methyl sites for hydroxylation is 2. The maximum atomic E-state index is 4.93. The summed E-state index contributed by atoms with van der Waals surface area (Å²) in [7, 11) is 0. The summed E-state index contributed by atoms with van der Waals surface area (Å²) in [6.07, 6.45) is 5.65. The van der Waals surface area contributed by atoms with Gasteiger partial charge in [0.15, 0.2) is 0 Å². The van der Waals surface area contributed by atoms with Crippen molar-refractivity contribution in [3.63, 3.8) is 0 Å². The molecule has 1 aliphatic rings. The van der Waals surface area contributed by atoms with E-state index in [2.05, 4.69) is 64.5 Å². The van der Waals surface area contributed by atoms with Crippen molar-refractivity contribution >= 4 is 5.52 Å². The number of likely N-dealkylation sites (tertiary alicyclic amines) is 1. The molecule has 0 spiro atoms. The lowest BCUT2D eigenvalue weighted by Crippen LogP contribution is -2.34. The first-order valence-corrected chi connectivity index (χ1v) is 8.82. The molecule has 24 heavy (non-hydrogen) atoms. The van der Waals surface area contributed by atoms with E-state index in [0.29, 0.717) is 6.04 Å². The first-order chi connectivity index (χ1) is 11.7. The van der Waals surface area contributed by atoms with Crippen molar-refractivity contribution in [2.75, 3.05) is 6.54 Å². The number of imidazole rings is 1. The average Bonchev–Trinajstić information content (AvgIpc) is 2.96. The molecule has 3 aromatic rings. The Morgan fingerprint density at radius 1 is 1.12 bits per heavy atom. The summed E-state index contributed by atoms with van der Waals surface area (Å²) in [5, 5.41) is 0. The van der Waals surface area contributed by atoms with Crippen molar-refractivity contribution in [1.82, 2.24) is 19.3 Å². The number of aromatic nitrogens is 3. The fourth-order valence-corrected chi connectivity index (χ4v) is 3.85. The van der Waals surface area contributed by atoms with Gasteiger partial charge in [0.2, 0.25) is 0 Å². The van der Waals surface area contributed by atoms with Gasteiger partial charge in [0.05, 0.1) is 17.8 Å². The van der Waals surface area contributed by atoms with Crippen LogP contribution in [0.1, 0.15) is 48.2 Å². The zero-order chi connectivity index (χ0) is 16.5. The molecule has 1 atom stereocenters. The lowest BCUT2D eigenvalue weighted by molar-refractivity contribution is 0.132. The van der Waals surface area contributed by atoms with Crippen molar-refractivity contribution in [3.8, 4) is 0 Å². The van der Waals surface area contributed by atoms with Crippen LogP contribution >= 0.6 is 0 Å². The number of rotatable bonds is 3. The molecule has 1 aliphatic heterocycles. The summed E-state index contributed by atoms with van der Waals surface area (Å²) >= 11 is 0. The number of piperidine rings is 1. The standard InChI is InChI=1S/C20H24N4/c1-15-12-18-13-21-16(2)24(18)20(22-15)19-10-6-7-11-23(19)14-17-8-4-3-5-9-17/h3-5,8-9,12-13,19H,6-7,10-11,14H2,1-2H3. The van der Waals surface area contributed by atoms with Crippen molar-refractivity contribution in [1.29, 1.82) is 0 Å². The van der Waals surface area contributed by atoms with E-state index in [0.717, 1.165) is 42.4 Å². The quantitative estimate of drug-likeness (QED) is 0.729. The maximum Gasteiger partial charge on any atom is 0.132 e. The van der Waals surface area contributed by atoms with Crippen LogP contribution in [-0.4, -0.2) is 25.8 Å². The van der Waals surface area contributed by atoms with Crippen LogP contribution in [0.2, 0.25) is 0 Å². The van der Waals surface area contributed by atoms with Gasteiger partial charge < -0.3 is 0 Å². The topological polar surface area (TPSA) is 33.4 Å². The summed E-state index contributed by atoms with van der Waals surface area (Å²) < 4.78 is 2.24. The summed E-state index contributed by atoms with van der Waals surface area (Å²) in [5.41, 5.74) is 3.60. The van der Waals surface area contributed by atoms with Crippen molar-refractivity contribution < 1.29 is 0 Å². The second kappa shape index (κ2) is 6.36. The molecule has 4 rings (SSSR count).